The number of non-ortho nitro benzene ring substituents is 1. The van der Waals surface area contributed by atoms with E-state index in [-0.39, 0.29) is 23.6 Å². The molecule has 0 aliphatic carbocycles. The minimum absolute atomic E-state index is 0.156. The van der Waals surface area contributed by atoms with Gasteiger partial charge < -0.3 is 9.15 Å². The summed E-state index contributed by atoms with van der Waals surface area (Å²) >= 11 is 0. The topological polar surface area (TPSA) is 99.7 Å². The lowest BCUT2D eigenvalue weighted by molar-refractivity contribution is -0.384. The van der Waals surface area contributed by atoms with Gasteiger partial charge in [-0.1, -0.05) is 25.5 Å². The number of nitro benzene ring substituents is 1. The van der Waals surface area contributed by atoms with Crippen LogP contribution in [0.3, 0.4) is 0 Å². The van der Waals surface area contributed by atoms with E-state index in [9.17, 15) is 19.7 Å². The van der Waals surface area contributed by atoms with Crippen LogP contribution >= 0.6 is 0 Å². The van der Waals surface area contributed by atoms with Gasteiger partial charge in [0.2, 0.25) is 0 Å². The highest BCUT2D eigenvalue weighted by atomic mass is 16.6. The van der Waals surface area contributed by atoms with E-state index in [1.54, 1.807) is 18.2 Å². The molecular weight excluding hydrogens is 350 g/mol. The van der Waals surface area contributed by atoms with Crippen molar-refractivity contribution in [3.05, 3.63) is 80.2 Å². The Labute approximate surface area is 154 Å². The monoisotopic (exact) mass is 367 g/mol. The van der Waals surface area contributed by atoms with Crippen LogP contribution in [0.25, 0.3) is 11.0 Å². The van der Waals surface area contributed by atoms with Crippen LogP contribution in [-0.4, -0.2) is 17.3 Å². The summed E-state index contributed by atoms with van der Waals surface area (Å²) in [5.41, 5.74) is 0.906. The van der Waals surface area contributed by atoms with Gasteiger partial charge in [-0.25, -0.2) is 4.79 Å². The highest BCUT2D eigenvalue weighted by molar-refractivity contribution is 5.97. The molecule has 0 N–H and O–H groups in total. The van der Waals surface area contributed by atoms with Crippen LogP contribution < -0.4 is 10.4 Å². The molecular formula is C20H17NO6. The van der Waals surface area contributed by atoms with Crippen molar-refractivity contribution in [1.29, 1.82) is 0 Å². The molecule has 27 heavy (non-hydrogen) atoms. The van der Waals surface area contributed by atoms with Crippen molar-refractivity contribution in [2.45, 2.75) is 19.8 Å². The first kappa shape index (κ1) is 18.3. The zero-order chi connectivity index (χ0) is 19.4. The first-order valence-electron chi connectivity index (χ1n) is 8.45. The lowest BCUT2D eigenvalue weighted by atomic mass is 10.1. The Balaban J connectivity index is 1.79. The van der Waals surface area contributed by atoms with Crippen LogP contribution in [0.4, 0.5) is 5.69 Å². The summed E-state index contributed by atoms with van der Waals surface area (Å²) < 4.78 is 10.7. The largest absolute Gasteiger partial charge is 0.485 e. The summed E-state index contributed by atoms with van der Waals surface area (Å²) in [7, 11) is 0. The third-order valence-corrected chi connectivity index (χ3v) is 4.07. The lowest BCUT2D eigenvalue weighted by Crippen LogP contribution is -2.12. The van der Waals surface area contributed by atoms with Gasteiger partial charge in [0.05, 0.1) is 4.92 Å². The molecule has 0 radical (unpaired) electrons. The zero-order valence-corrected chi connectivity index (χ0v) is 14.6. The molecule has 3 rings (SSSR count). The summed E-state index contributed by atoms with van der Waals surface area (Å²) in [4.78, 5) is 34.2. The van der Waals surface area contributed by atoms with Gasteiger partial charge >= 0.3 is 5.63 Å². The van der Waals surface area contributed by atoms with Crippen LogP contribution in [0.2, 0.25) is 0 Å². The standard InChI is InChI=1S/C20H17NO6/c1-2-4-13-10-20(23)27-19-11-16(7-8-17(13)19)26-12-18(22)14-5-3-6-15(9-14)21(24)25/h3,5-11H,2,4,12H2,1H3. The zero-order valence-electron chi connectivity index (χ0n) is 14.6. The number of ether oxygens (including phenoxy) is 1. The average Bonchev–Trinajstić information content (AvgIpc) is 2.66. The van der Waals surface area contributed by atoms with E-state index in [0.717, 1.165) is 23.8 Å². The molecule has 138 valence electrons. The van der Waals surface area contributed by atoms with Crippen molar-refractivity contribution in [3.63, 3.8) is 0 Å². The van der Waals surface area contributed by atoms with Crippen LogP contribution in [-0.2, 0) is 6.42 Å². The van der Waals surface area contributed by atoms with Crippen LogP contribution in [0.15, 0.2) is 57.7 Å². The van der Waals surface area contributed by atoms with Crippen LogP contribution in [0, 0.1) is 10.1 Å². The van der Waals surface area contributed by atoms with E-state index < -0.39 is 10.5 Å². The predicted molar refractivity (Wildman–Crippen MR) is 99.4 cm³/mol. The van der Waals surface area contributed by atoms with Gasteiger partial charge in [0.1, 0.15) is 11.3 Å². The third kappa shape index (κ3) is 4.20. The van der Waals surface area contributed by atoms with Crippen molar-refractivity contribution < 1.29 is 18.9 Å². The molecule has 0 saturated carbocycles. The molecule has 0 saturated heterocycles. The smallest absolute Gasteiger partial charge is 0.336 e. The fourth-order valence-electron chi connectivity index (χ4n) is 2.80. The number of aryl methyl sites for hydroxylation is 1. The van der Waals surface area contributed by atoms with E-state index >= 15 is 0 Å². The van der Waals surface area contributed by atoms with Crippen molar-refractivity contribution in [2.24, 2.45) is 0 Å². The summed E-state index contributed by atoms with van der Waals surface area (Å²) in [5, 5.41) is 11.6. The summed E-state index contributed by atoms with van der Waals surface area (Å²) in [5.74, 6) is -0.0157. The maximum atomic E-state index is 12.2. The van der Waals surface area contributed by atoms with Crippen molar-refractivity contribution in [1.82, 2.24) is 0 Å². The van der Waals surface area contributed by atoms with Crippen molar-refractivity contribution in [3.8, 4) is 5.75 Å². The van der Waals surface area contributed by atoms with E-state index in [2.05, 4.69) is 0 Å². The first-order chi connectivity index (χ1) is 13.0. The number of ketones is 1. The van der Waals surface area contributed by atoms with Gasteiger partial charge in [-0.3, -0.25) is 14.9 Å². The molecule has 0 amide bonds. The molecule has 0 unspecified atom stereocenters. The molecule has 1 aromatic heterocycles. The summed E-state index contributed by atoms with van der Waals surface area (Å²) in [6.45, 7) is 1.74. The second-order valence-corrected chi connectivity index (χ2v) is 6.02. The molecule has 0 aliphatic heterocycles. The van der Waals surface area contributed by atoms with Crippen LogP contribution in [0.1, 0.15) is 29.3 Å². The molecule has 0 atom stereocenters. The fraction of sp³-hybridized carbons (Fsp3) is 0.200. The van der Waals surface area contributed by atoms with Crippen molar-refractivity contribution in [2.75, 3.05) is 6.61 Å². The molecule has 0 spiro atoms. The number of hydrogen-bond donors (Lipinski definition) is 0. The Morgan fingerprint density at radius 2 is 2.00 bits per heavy atom. The number of Topliss-reactive ketones (excluding diaryl/α,β-unsaturated/α-hetero) is 1. The van der Waals surface area contributed by atoms with E-state index in [0.29, 0.717) is 11.3 Å². The minimum Gasteiger partial charge on any atom is -0.485 e. The lowest BCUT2D eigenvalue weighted by Gasteiger charge is -2.08. The van der Waals surface area contributed by atoms with Gasteiger partial charge in [0.25, 0.3) is 5.69 Å². The quantitative estimate of drug-likeness (QED) is 0.272. The van der Waals surface area contributed by atoms with E-state index in [1.807, 2.05) is 6.92 Å². The molecule has 2 aromatic carbocycles. The van der Waals surface area contributed by atoms with E-state index in [1.165, 1.54) is 30.3 Å². The molecule has 7 nitrogen and oxygen atoms in total. The Bertz CT molecular complexity index is 1070. The number of rotatable bonds is 7. The fourth-order valence-corrected chi connectivity index (χ4v) is 2.80. The Morgan fingerprint density at radius 1 is 1.19 bits per heavy atom. The third-order valence-electron chi connectivity index (χ3n) is 4.07. The summed E-state index contributed by atoms with van der Waals surface area (Å²) in [6.07, 6.45) is 1.65. The minimum atomic E-state index is -0.559. The summed E-state index contributed by atoms with van der Waals surface area (Å²) in [6, 6.07) is 12.0. The number of carbonyl (C=O) groups excluding carboxylic acids is 1. The van der Waals surface area contributed by atoms with Gasteiger partial charge in [0, 0.05) is 35.2 Å². The number of benzene rings is 2. The molecule has 0 bridgehead atoms. The Hall–Kier alpha value is -3.48. The molecule has 0 aliphatic rings. The maximum absolute atomic E-state index is 12.2. The number of fused-ring (bicyclic) bond motifs is 1. The van der Waals surface area contributed by atoms with Gasteiger partial charge in [0.15, 0.2) is 12.4 Å². The van der Waals surface area contributed by atoms with Crippen molar-refractivity contribution >= 4 is 22.4 Å². The second kappa shape index (κ2) is 7.82. The van der Waals surface area contributed by atoms with Gasteiger partial charge in [-0.05, 0) is 24.1 Å². The normalized spacial score (nSPS) is 10.7. The molecule has 3 aromatic rings. The number of nitrogens with zero attached hydrogens (tertiary/aromatic N) is 1. The molecule has 7 heteroatoms. The van der Waals surface area contributed by atoms with E-state index in [4.69, 9.17) is 9.15 Å². The first-order valence-corrected chi connectivity index (χ1v) is 8.45. The van der Waals surface area contributed by atoms with Crippen LogP contribution in [0.5, 0.6) is 5.75 Å². The number of carbonyl (C=O) groups is 1. The molecule has 0 fully saturated rings. The second-order valence-electron chi connectivity index (χ2n) is 6.02. The molecule has 1 heterocycles. The Kier molecular flexibility index (Phi) is 5.30. The average molecular weight is 367 g/mol. The SMILES string of the molecule is CCCc1cc(=O)oc2cc(OCC(=O)c3cccc([N+](=O)[O-])c3)ccc12. The predicted octanol–water partition coefficient (Wildman–Crippen LogP) is 3.92. The van der Waals surface area contributed by atoms with Gasteiger partial charge in [-0.2, -0.15) is 0 Å². The Morgan fingerprint density at radius 3 is 2.74 bits per heavy atom. The number of hydrogen-bond acceptors (Lipinski definition) is 6. The highest BCUT2D eigenvalue weighted by Gasteiger charge is 2.13. The number of nitro groups is 1. The highest BCUT2D eigenvalue weighted by Crippen LogP contribution is 2.24. The maximum Gasteiger partial charge on any atom is 0.336 e. The van der Waals surface area contributed by atoms with Gasteiger partial charge in [-0.15, -0.1) is 0 Å².